The molecule has 2 N–H and O–H groups in total. The summed E-state index contributed by atoms with van der Waals surface area (Å²) in [6.07, 6.45) is 3.44. The number of hydrogen-bond acceptors (Lipinski definition) is 4. The van der Waals surface area contributed by atoms with E-state index in [2.05, 4.69) is 10.6 Å². The predicted octanol–water partition coefficient (Wildman–Crippen LogP) is 4.03. The number of carbonyl (C=O) groups is 3. The molecule has 36 heavy (non-hydrogen) atoms. The van der Waals surface area contributed by atoms with E-state index in [1.165, 1.54) is 0 Å². The average Bonchev–Trinajstić information content (AvgIpc) is 2.91. The van der Waals surface area contributed by atoms with Crippen LogP contribution in [-0.2, 0) is 4.79 Å². The second-order valence-electron chi connectivity index (χ2n) is 9.42. The fourth-order valence-corrected chi connectivity index (χ4v) is 4.56. The van der Waals surface area contributed by atoms with E-state index in [1.807, 2.05) is 36.4 Å². The van der Waals surface area contributed by atoms with E-state index in [9.17, 15) is 14.4 Å². The van der Waals surface area contributed by atoms with Crippen LogP contribution >= 0.6 is 0 Å². The molecule has 188 valence electrons. The molecule has 0 bridgehead atoms. The minimum Gasteiger partial charge on any atom is -0.490 e. The molecular formula is C29H33N3O4. The number of ether oxygens (including phenoxy) is 1. The quantitative estimate of drug-likeness (QED) is 0.470. The van der Waals surface area contributed by atoms with Gasteiger partial charge in [-0.3, -0.25) is 14.4 Å². The minimum atomic E-state index is -0.204. The molecule has 1 aliphatic rings. The van der Waals surface area contributed by atoms with E-state index in [1.54, 1.807) is 49.3 Å². The van der Waals surface area contributed by atoms with Gasteiger partial charge in [0, 0.05) is 44.2 Å². The maximum Gasteiger partial charge on any atom is 0.251 e. The van der Waals surface area contributed by atoms with Crippen molar-refractivity contribution in [2.45, 2.75) is 31.8 Å². The van der Waals surface area contributed by atoms with E-state index in [0.29, 0.717) is 24.2 Å². The summed E-state index contributed by atoms with van der Waals surface area (Å²) in [5.74, 6) is 0.623. The summed E-state index contributed by atoms with van der Waals surface area (Å²) in [4.78, 5) is 38.7. The first kappa shape index (κ1) is 25.2. The van der Waals surface area contributed by atoms with Crippen LogP contribution in [-0.4, -0.2) is 55.9 Å². The molecule has 3 aromatic carbocycles. The molecule has 1 saturated carbocycles. The van der Waals surface area contributed by atoms with Gasteiger partial charge in [-0.05, 0) is 72.9 Å². The first-order valence-electron chi connectivity index (χ1n) is 12.4. The van der Waals surface area contributed by atoms with Gasteiger partial charge in [0.25, 0.3) is 11.8 Å². The summed E-state index contributed by atoms with van der Waals surface area (Å²) in [7, 11) is 3.59. The lowest BCUT2D eigenvalue weighted by Gasteiger charge is -2.29. The molecule has 0 atom stereocenters. The Morgan fingerprint density at radius 2 is 1.36 bits per heavy atom. The molecule has 1 fully saturated rings. The van der Waals surface area contributed by atoms with Gasteiger partial charge < -0.3 is 20.3 Å². The van der Waals surface area contributed by atoms with Crippen molar-refractivity contribution in [2.75, 3.05) is 27.2 Å². The Hall–Kier alpha value is -3.87. The monoisotopic (exact) mass is 487 g/mol. The molecule has 1 aliphatic carbocycles. The number of fused-ring (bicyclic) bond motifs is 1. The number of benzene rings is 3. The Morgan fingerprint density at radius 3 is 2.00 bits per heavy atom. The van der Waals surface area contributed by atoms with Gasteiger partial charge in [0.15, 0.2) is 0 Å². The maximum absolute atomic E-state index is 12.5. The smallest absolute Gasteiger partial charge is 0.251 e. The highest BCUT2D eigenvalue weighted by atomic mass is 16.5. The van der Waals surface area contributed by atoms with E-state index in [4.69, 9.17) is 4.74 Å². The predicted molar refractivity (Wildman–Crippen MR) is 140 cm³/mol. The number of rotatable bonds is 8. The SMILES string of the molecule is CN(C)C(=O)C1CCC(Oc2ccc(C(=O)NCCNC(=O)c3ccc4ccccc4c3)cc2)CC1. The zero-order valence-corrected chi connectivity index (χ0v) is 20.8. The minimum absolute atomic E-state index is 0.0853. The third kappa shape index (κ3) is 6.42. The van der Waals surface area contributed by atoms with Gasteiger partial charge in [0.05, 0.1) is 6.10 Å². The van der Waals surface area contributed by atoms with E-state index in [-0.39, 0.29) is 29.7 Å². The van der Waals surface area contributed by atoms with Crippen LogP contribution in [0.25, 0.3) is 10.8 Å². The molecule has 0 aromatic heterocycles. The Balaban J connectivity index is 1.18. The van der Waals surface area contributed by atoms with E-state index < -0.39 is 0 Å². The average molecular weight is 488 g/mol. The molecule has 7 heteroatoms. The third-order valence-electron chi connectivity index (χ3n) is 6.59. The second-order valence-corrected chi connectivity index (χ2v) is 9.42. The first-order chi connectivity index (χ1) is 17.4. The molecule has 7 nitrogen and oxygen atoms in total. The Morgan fingerprint density at radius 1 is 0.778 bits per heavy atom. The zero-order chi connectivity index (χ0) is 25.5. The lowest BCUT2D eigenvalue weighted by atomic mass is 9.86. The molecule has 0 heterocycles. The van der Waals surface area contributed by atoms with Crippen molar-refractivity contribution in [3.8, 4) is 5.75 Å². The number of hydrogen-bond donors (Lipinski definition) is 2. The molecular weight excluding hydrogens is 454 g/mol. The summed E-state index contributed by atoms with van der Waals surface area (Å²) in [6.45, 7) is 0.656. The van der Waals surface area contributed by atoms with Gasteiger partial charge in [-0.1, -0.05) is 30.3 Å². The molecule has 0 saturated heterocycles. The van der Waals surface area contributed by atoms with Crippen LogP contribution in [0.1, 0.15) is 46.4 Å². The van der Waals surface area contributed by atoms with Crippen LogP contribution < -0.4 is 15.4 Å². The topological polar surface area (TPSA) is 87.7 Å². The normalized spacial score (nSPS) is 17.3. The Bertz CT molecular complexity index is 1210. The second kappa shape index (κ2) is 11.7. The standard InChI is InChI=1S/C29H33N3O4/c1-32(2)29(35)22-11-15-26(16-12-22)36-25-13-9-21(10-14-25)27(33)30-17-18-31-28(34)24-8-7-20-5-3-4-6-23(20)19-24/h3-10,13-14,19,22,26H,11-12,15-18H2,1-2H3,(H,30,33)(H,31,34). The largest absolute Gasteiger partial charge is 0.490 e. The van der Waals surface area contributed by atoms with Gasteiger partial charge in [-0.25, -0.2) is 0 Å². The lowest BCUT2D eigenvalue weighted by Crippen LogP contribution is -2.35. The van der Waals surface area contributed by atoms with Crippen LogP contribution in [0.4, 0.5) is 0 Å². The van der Waals surface area contributed by atoms with Crippen molar-refractivity contribution < 1.29 is 19.1 Å². The van der Waals surface area contributed by atoms with Gasteiger partial charge >= 0.3 is 0 Å². The summed E-state index contributed by atoms with van der Waals surface area (Å²) in [6, 6.07) is 20.5. The molecule has 3 amide bonds. The zero-order valence-electron chi connectivity index (χ0n) is 20.8. The van der Waals surface area contributed by atoms with Gasteiger partial charge in [0.2, 0.25) is 5.91 Å². The summed E-state index contributed by atoms with van der Waals surface area (Å²) < 4.78 is 6.07. The van der Waals surface area contributed by atoms with Crippen molar-refractivity contribution in [3.05, 3.63) is 77.9 Å². The fraction of sp³-hybridized carbons (Fsp3) is 0.345. The molecule has 0 unspecified atom stereocenters. The highest BCUT2D eigenvalue weighted by Gasteiger charge is 2.28. The summed E-state index contributed by atoms with van der Waals surface area (Å²) in [5, 5.41) is 7.77. The van der Waals surface area contributed by atoms with Crippen LogP contribution in [0.3, 0.4) is 0 Å². The van der Waals surface area contributed by atoms with Crippen molar-refractivity contribution in [1.82, 2.24) is 15.5 Å². The molecule has 4 rings (SSSR count). The van der Waals surface area contributed by atoms with Crippen molar-refractivity contribution >= 4 is 28.5 Å². The number of carbonyl (C=O) groups excluding carboxylic acids is 3. The van der Waals surface area contributed by atoms with Gasteiger partial charge in [-0.2, -0.15) is 0 Å². The van der Waals surface area contributed by atoms with Crippen LogP contribution in [0.2, 0.25) is 0 Å². The maximum atomic E-state index is 12.5. The highest BCUT2D eigenvalue weighted by Crippen LogP contribution is 2.28. The molecule has 0 aliphatic heterocycles. The van der Waals surface area contributed by atoms with Crippen molar-refractivity contribution in [2.24, 2.45) is 5.92 Å². The Kier molecular flexibility index (Phi) is 8.21. The number of nitrogens with one attached hydrogen (secondary N) is 2. The fourth-order valence-electron chi connectivity index (χ4n) is 4.56. The third-order valence-corrected chi connectivity index (χ3v) is 6.59. The molecule has 3 aromatic rings. The lowest BCUT2D eigenvalue weighted by molar-refractivity contribution is -0.134. The summed E-state index contributed by atoms with van der Waals surface area (Å²) >= 11 is 0. The van der Waals surface area contributed by atoms with E-state index in [0.717, 1.165) is 42.2 Å². The Labute approximate surface area is 211 Å². The van der Waals surface area contributed by atoms with Gasteiger partial charge in [0.1, 0.15) is 5.75 Å². The number of nitrogens with zero attached hydrogens (tertiary/aromatic N) is 1. The first-order valence-corrected chi connectivity index (χ1v) is 12.4. The highest BCUT2D eigenvalue weighted by molar-refractivity contribution is 5.98. The van der Waals surface area contributed by atoms with Crippen molar-refractivity contribution in [1.29, 1.82) is 0 Å². The van der Waals surface area contributed by atoms with Gasteiger partial charge in [-0.15, -0.1) is 0 Å². The molecule has 0 radical (unpaired) electrons. The number of amides is 3. The summed E-state index contributed by atoms with van der Waals surface area (Å²) in [5.41, 5.74) is 1.12. The van der Waals surface area contributed by atoms with Crippen LogP contribution in [0.5, 0.6) is 5.75 Å². The molecule has 0 spiro atoms. The van der Waals surface area contributed by atoms with Crippen LogP contribution in [0.15, 0.2) is 66.7 Å². The van der Waals surface area contributed by atoms with Crippen LogP contribution in [0, 0.1) is 5.92 Å². The van der Waals surface area contributed by atoms with E-state index >= 15 is 0 Å². The van der Waals surface area contributed by atoms with Crippen molar-refractivity contribution in [3.63, 3.8) is 0 Å².